The van der Waals surface area contributed by atoms with E-state index in [0.717, 1.165) is 5.56 Å². The molecule has 0 spiro atoms. The topological polar surface area (TPSA) is 30.5 Å². The van der Waals surface area contributed by atoms with Crippen molar-refractivity contribution in [1.29, 1.82) is 0 Å². The van der Waals surface area contributed by atoms with Crippen molar-refractivity contribution in [3.63, 3.8) is 0 Å². The zero-order valence-electron chi connectivity index (χ0n) is 11.3. The summed E-state index contributed by atoms with van der Waals surface area (Å²) in [7, 11) is 1.87. The van der Waals surface area contributed by atoms with Crippen LogP contribution in [0, 0.1) is 5.82 Å². The van der Waals surface area contributed by atoms with E-state index < -0.39 is 0 Å². The van der Waals surface area contributed by atoms with Crippen LogP contribution in [0.5, 0.6) is 0 Å². The van der Waals surface area contributed by atoms with Crippen molar-refractivity contribution in [2.45, 2.75) is 26.1 Å². The molecule has 0 heterocycles. The molecule has 1 N–H and O–H groups in total. The maximum Gasteiger partial charge on any atom is 0.123 e. The fourth-order valence-corrected chi connectivity index (χ4v) is 1.71. The fourth-order valence-electron chi connectivity index (χ4n) is 1.71. The normalized spacial score (nSPS) is 14.4. The molecule has 0 bridgehead atoms. The number of rotatable bonds is 8. The van der Waals surface area contributed by atoms with Crippen LogP contribution in [0.3, 0.4) is 0 Å². The minimum atomic E-state index is -0.232. The van der Waals surface area contributed by atoms with Gasteiger partial charge in [-0.2, -0.15) is 0 Å². The fraction of sp³-hybridized carbons (Fsp3) is 0.571. The number of ether oxygens (including phenoxy) is 2. The van der Waals surface area contributed by atoms with Crippen LogP contribution in [0.1, 0.15) is 25.5 Å². The van der Waals surface area contributed by atoms with Crippen LogP contribution in [0.4, 0.5) is 4.39 Å². The van der Waals surface area contributed by atoms with Crippen LogP contribution in [0.25, 0.3) is 0 Å². The molecule has 0 saturated heterocycles. The van der Waals surface area contributed by atoms with Gasteiger partial charge in [-0.25, -0.2) is 4.39 Å². The van der Waals surface area contributed by atoms with Gasteiger partial charge >= 0.3 is 0 Å². The molecular weight excluding hydrogens is 233 g/mol. The second kappa shape index (κ2) is 8.19. The molecule has 2 atom stereocenters. The third-order valence-electron chi connectivity index (χ3n) is 2.58. The first kappa shape index (κ1) is 15.1. The van der Waals surface area contributed by atoms with Gasteiger partial charge in [-0.3, -0.25) is 0 Å². The van der Waals surface area contributed by atoms with Gasteiger partial charge in [-0.15, -0.1) is 0 Å². The summed E-state index contributed by atoms with van der Waals surface area (Å²) in [6.45, 7) is 5.86. The van der Waals surface area contributed by atoms with Gasteiger partial charge in [0, 0.05) is 13.2 Å². The zero-order chi connectivity index (χ0) is 13.4. The van der Waals surface area contributed by atoms with Crippen molar-refractivity contribution < 1.29 is 13.9 Å². The molecule has 0 aliphatic carbocycles. The molecule has 3 nitrogen and oxygen atoms in total. The Morgan fingerprint density at radius 3 is 2.50 bits per heavy atom. The van der Waals surface area contributed by atoms with Gasteiger partial charge in [0.1, 0.15) is 5.82 Å². The van der Waals surface area contributed by atoms with Crippen molar-refractivity contribution in [1.82, 2.24) is 5.32 Å². The maximum absolute atomic E-state index is 12.9. The lowest BCUT2D eigenvalue weighted by Crippen LogP contribution is -2.26. The summed E-state index contributed by atoms with van der Waals surface area (Å²) >= 11 is 0. The third kappa shape index (κ3) is 5.12. The number of hydrogen-bond acceptors (Lipinski definition) is 3. The molecule has 0 amide bonds. The largest absolute Gasteiger partial charge is 0.379 e. The van der Waals surface area contributed by atoms with E-state index in [4.69, 9.17) is 9.47 Å². The lowest BCUT2D eigenvalue weighted by molar-refractivity contribution is -0.0464. The first-order valence-electron chi connectivity index (χ1n) is 6.30. The molecule has 102 valence electrons. The quantitative estimate of drug-likeness (QED) is 0.774. The van der Waals surface area contributed by atoms with Crippen LogP contribution >= 0.6 is 0 Å². The first-order valence-corrected chi connectivity index (χ1v) is 6.30. The van der Waals surface area contributed by atoms with Gasteiger partial charge in [-0.1, -0.05) is 12.1 Å². The Morgan fingerprint density at radius 2 is 1.94 bits per heavy atom. The molecular formula is C14H22FNO2. The third-order valence-corrected chi connectivity index (χ3v) is 2.58. The van der Waals surface area contributed by atoms with Gasteiger partial charge in [0.05, 0.1) is 18.8 Å². The molecule has 0 aliphatic heterocycles. The highest BCUT2D eigenvalue weighted by atomic mass is 19.1. The molecule has 0 fully saturated rings. The number of hydrogen-bond donors (Lipinski definition) is 1. The highest BCUT2D eigenvalue weighted by molar-refractivity contribution is 5.19. The SMILES string of the molecule is CCOCC(C)OC(CNC)c1ccc(F)cc1. The highest BCUT2D eigenvalue weighted by Gasteiger charge is 2.15. The van der Waals surface area contributed by atoms with Crippen LogP contribution in [0.15, 0.2) is 24.3 Å². The van der Waals surface area contributed by atoms with E-state index in [-0.39, 0.29) is 18.0 Å². The number of likely N-dealkylation sites (N-methyl/N-ethyl adjacent to an activating group) is 1. The summed E-state index contributed by atoms with van der Waals surface area (Å²) in [4.78, 5) is 0. The number of benzene rings is 1. The summed E-state index contributed by atoms with van der Waals surface area (Å²) < 4.78 is 24.1. The Hall–Kier alpha value is -0.970. The molecule has 1 aromatic carbocycles. The average Bonchev–Trinajstić information content (AvgIpc) is 2.37. The summed E-state index contributed by atoms with van der Waals surface area (Å²) in [5.74, 6) is -0.232. The zero-order valence-corrected chi connectivity index (χ0v) is 11.3. The van der Waals surface area contributed by atoms with Crippen molar-refractivity contribution in [3.05, 3.63) is 35.6 Å². The Labute approximate surface area is 108 Å². The van der Waals surface area contributed by atoms with E-state index >= 15 is 0 Å². The highest BCUT2D eigenvalue weighted by Crippen LogP contribution is 2.19. The number of nitrogens with one attached hydrogen (secondary N) is 1. The minimum absolute atomic E-state index is 0.00773. The molecule has 18 heavy (non-hydrogen) atoms. The summed E-state index contributed by atoms with van der Waals surface area (Å²) in [6, 6.07) is 6.42. The predicted octanol–water partition coefficient (Wildman–Crippen LogP) is 2.53. The summed E-state index contributed by atoms with van der Waals surface area (Å²) in [5, 5.41) is 3.08. The number of halogens is 1. The van der Waals surface area contributed by atoms with Crippen LogP contribution in [0.2, 0.25) is 0 Å². The molecule has 0 saturated carbocycles. The van der Waals surface area contributed by atoms with Gasteiger partial charge in [-0.05, 0) is 38.6 Å². The van der Waals surface area contributed by atoms with E-state index in [1.165, 1.54) is 12.1 Å². The average molecular weight is 255 g/mol. The van der Waals surface area contributed by atoms with E-state index in [0.29, 0.717) is 19.8 Å². The van der Waals surface area contributed by atoms with Crippen molar-refractivity contribution in [3.8, 4) is 0 Å². The predicted molar refractivity (Wildman–Crippen MR) is 70.1 cm³/mol. The summed E-state index contributed by atoms with van der Waals surface area (Å²) in [6.07, 6.45) is -0.0839. The minimum Gasteiger partial charge on any atom is -0.379 e. The molecule has 2 unspecified atom stereocenters. The Morgan fingerprint density at radius 1 is 1.28 bits per heavy atom. The van der Waals surface area contributed by atoms with Crippen LogP contribution < -0.4 is 5.32 Å². The van der Waals surface area contributed by atoms with Gasteiger partial charge in [0.15, 0.2) is 0 Å². The molecule has 0 aliphatic rings. The lowest BCUT2D eigenvalue weighted by atomic mass is 10.1. The smallest absolute Gasteiger partial charge is 0.123 e. The second-order valence-corrected chi connectivity index (χ2v) is 4.20. The lowest BCUT2D eigenvalue weighted by Gasteiger charge is -2.22. The van der Waals surface area contributed by atoms with Gasteiger partial charge in [0.2, 0.25) is 0 Å². The first-order chi connectivity index (χ1) is 8.67. The van der Waals surface area contributed by atoms with E-state index in [1.54, 1.807) is 12.1 Å². The van der Waals surface area contributed by atoms with Crippen LogP contribution in [-0.4, -0.2) is 32.9 Å². The van der Waals surface area contributed by atoms with Crippen molar-refractivity contribution in [2.24, 2.45) is 0 Å². The Bertz CT molecular complexity index is 329. The van der Waals surface area contributed by atoms with E-state index in [9.17, 15) is 4.39 Å². The second-order valence-electron chi connectivity index (χ2n) is 4.20. The Kier molecular flexibility index (Phi) is 6.86. The monoisotopic (exact) mass is 255 g/mol. The van der Waals surface area contributed by atoms with E-state index in [1.807, 2.05) is 20.9 Å². The van der Waals surface area contributed by atoms with Gasteiger partial charge in [0.25, 0.3) is 0 Å². The van der Waals surface area contributed by atoms with Crippen LogP contribution in [-0.2, 0) is 9.47 Å². The van der Waals surface area contributed by atoms with E-state index in [2.05, 4.69) is 5.32 Å². The molecule has 1 aromatic rings. The molecule has 0 aromatic heterocycles. The Balaban J connectivity index is 2.61. The van der Waals surface area contributed by atoms with Gasteiger partial charge < -0.3 is 14.8 Å². The summed E-state index contributed by atoms with van der Waals surface area (Å²) in [5.41, 5.74) is 0.967. The molecule has 0 radical (unpaired) electrons. The molecule has 4 heteroatoms. The maximum atomic E-state index is 12.9. The molecule has 1 rings (SSSR count). The van der Waals surface area contributed by atoms with Crippen molar-refractivity contribution >= 4 is 0 Å². The van der Waals surface area contributed by atoms with Crippen molar-refractivity contribution in [2.75, 3.05) is 26.8 Å². The standard InChI is InChI=1S/C14H22FNO2/c1-4-17-10-11(2)18-14(9-16-3)12-5-7-13(15)8-6-12/h5-8,11,14,16H,4,9-10H2,1-3H3.